The number of amides is 4. The summed E-state index contributed by atoms with van der Waals surface area (Å²) in [6.45, 7) is 2.29. The highest BCUT2D eigenvalue weighted by molar-refractivity contribution is 6.35. The normalized spacial score (nSPS) is 12.0. The number of aryl methyl sites for hydroxylation is 2. The van der Waals surface area contributed by atoms with Gasteiger partial charge in [0.2, 0.25) is 12.1 Å². The van der Waals surface area contributed by atoms with Crippen LogP contribution in [0.25, 0.3) is 0 Å². The van der Waals surface area contributed by atoms with Gasteiger partial charge >= 0.3 is 0 Å². The van der Waals surface area contributed by atoms with Crippen LogP contribution in [0.4, 0.5) is 34.1 Å². The first kappa shape index (κ1) is 50.8. The van der Waals surface area contributed by atoms with E-state index in [0.29, 0.717) is 36.0 Å². The Bertz CT molecular complexity index is 2680. The van der Waals surface area contributed by atoms with Crippen LogP contribution < -0.4 is 26.0 Å². The number of nitrogens with one attached hydrogen (secondary N) is 4. The van der Waals surface area contributed by atoms with Crippen molar-refractivity contribution in [1.29, 1.82) is 0 Å². The van der Waals surface area contributed by atoms with Gasteiger partial charge in [-0.1, -0.05) is 59.6 Å². The first-order chi connectivity index (χ1) is 31.7. The molecule has 2 atom stereocenters. The summed E-state index contributed by atoms with van der Waals surface area (Å²) in [6, 6.07) is 23.8. The number of carbonyl (C=O) groups is 6. The van der Waals surface area contributed by atoms with Crippen molar-refractivity contribution in [2.45, 2.75) is 38.8 Å². The standard InChI is InChI=1S/C46H41Cl5N8O7/c1-26(60)41(58-56-31-11-14-35(50)33(23-31)43(62)53-37-9-5-3-7-28(37)17-19-47)45(64)52-30-13-16-39(40(25-30)66-22-21-49)55-46(65)42(27(2)61)59-57-32-12-15-36(51)34(24-32)44(63)54-38-10-6-4-8-29(38)18-20-48/h3-16,23-25,41-42H,17-22H2,1-2H3,(H,52,64)(H,53,62)(H,54,63)(H,55,65). The van der Waals surface area contributed by atoms with Crippen molar-refractivity contribution < 1.29 is 33.5 Å². The molecule has 0 saturated heterocycles. The van der Waals surface area contributed by atoms with E-state index in [4.69, 9.17) is 62.7 Å². The van der Waals surface area contributed by atoms with Crippen LogP contribution in [0, 0.1) is 0 Å². The molecule has 0 spiro atoms. The highest BCUT2D eigenvalue weighted by Crippen LogP contribution is 2.31. The molecule has 0 aliphatic carbocycles. The fourth-order valence-corrected chi connectivity index (χ4v) is 6.96. The molecule has 0 aliphatic rings. The van der Waals surface area contributed by atoms with Gasteiger partial charge in [0.25, 0.3) is 23.6 Å². The minimum Gasteiger partial charge on any atom is -0.490 e. The number of halogens is 5. The van der Waals surface area contributed by atoms with Crippen LogP contribution in [0.1, 0.15) is 45.7 Å². The second kappa shape index (κ2) is 24.9. The van der Waals surface area contributed by atoms with Gasteiger partial charge in [0.05, 0.1) is 44.1 Å². The van der Waals surface area contributed by atoms with E-state index in [1.54, 1.807) is 24.3 Å². The number of rotatable bonds is 21. The van der Waals surface area contributed by atoms with Gasteiger partial charge in [-0.2, -0.15) is 20.5 Å². The maximum atomic E-state index is 13.5. The Morgan fingerprint density at radius 3 is 1.47 bits per heavy atom. The van der Waals surface area contributed by atoms with Crippen LogP contribution in [0.5, 0.6) is 5.75 Å². The summed E-state index contributed by atoms with van der Waals surface area (Å²) in [4.78, 5) is 78.7. The third kappa shape index (κ3) is 14.1. The predicted octanol–water partition coefficient (Wildman–Crippen LogP) is 11.0. The highest BCUT2D eigenvalue weighted by Gasteiger charge is 2.27. The molecule has 0 aromatic heterocycles. The van der Waals surface area contributed by atoms with Gasteiger partial charge in [-0.3, -0.25) is 28.8 Å². The molecule has 5 aromatic carbocycles. The molecule has 342 valence electrons. The van der Waals surface area contributed by atoms with Crippen LogP contribution in [0.3, 0.4) is 0 Å². The average Bonchev–Trinajstić information content (AvgIpc) is 3.28. The zero-order chi connectivity index (χ0) is 47.8. The minimum atomic E-state index is -1.63. The second-order valence-electron chi connectivity index (χ2n) is 14.1. The van der Waals surface area contributed by atoms with Crippen molar-refractivity contribution >= 4 is 127 Å². The van der Waals surface area contributed by atoms with E-state index in [-0.39, 0.29) is 62.2 Å². The van der Waals surface area contributed by atoms with Gasteiger partial charge in [-0.15, -0.1) is 34.8 Å². The minimum absolute atomic E-state index is 0.0201. The predicted molar refractivity (Wildman–Crippen MR) is 258 cm³/mol. The van der Waals surface area contributed by atoms with Crippen molar-refractivity contribution in [3.05, 3.63) is 135 Å². The summed E-state index contributed by atoms with van der Waals surface area (Å²) in [7, 11) is 0. The van der Waals surface area contributed by atoms with Crippen LogP contribution in [0.15, 0.2) is 124 Å². The number of alkyl halides is 3. The number of Topliss-reactive ketones (excluding diaryl/α,β-unsaturated/α-hetero) is 2. The lowest BCUT2D eigenvalue weighted by Gasteiger charge is -2.16. The monoisotopic (exact) mass is 992 g/mol. The molecule has 4 N–H and O–H groups in total. The number of nitrogens with zero attached hydrogens (tertiary/aromatic N) is 4. The van der Waals surface area contributed by atoms with Crippen molar-refractivity contribution in [3.8, 4) is 5.75 Å². The Balaban J connectivity index is 1.29. The van der Waals surface area contributed by atoms with E-state index in [0.717, 1.165) is 25.0 Å². The Morgan fingerprint density at radius 1 is 0.545 bits per heavy atom. The third-order valence-electron chi connectivity index (χ3n) is 9.33. The van der Waals surface area contributed by atoms with Gasteiger partial charge < -0.3 is 26.0 Å². The number of anilines is 4. The quantitative estimate of drug-likeness (QED) is 0.0317. The molecule has 0 aliphatic heterocycles. The van der Waals surface area contributed by atoms with E-state index in [1.165, 1.54) is 54.6 Å². The SMILES string of the molecule is CC(=O)C(N=Nc1ccc(Cl)c(C(=O)Nc2ccccc2CCCl)c1)C(=O)Nc1ccc(NC(=O)C(N=Nc2ccc(Cl)c(C(=O)Nc3ccccc3CCCl)c2)C(C)=O)c(OCCCl)c1. The largest absolute Gasteiger partial charge is 0.490 e. The molecule has 2 unspecified atom stereocenters. The number of para-hydroxylation sites is 2. The molecule has 5 rings (SSSR count). The van der Waals surface area contributed by atoms with Gasteiger partial charge in [0, 0.05) is 34.9 Å². The number of ketones is 2. The number of azo groups is 2. The van der Waals surface area contributed by atoms with Gasteiger partial charge in [-0.25, -0.2) is 0 Å². The summed E-state index contributed by atoms with van der Waals surface area (Å²) in [5, 5.41) is 27.2. The first-order valence-electron chi connectivity index (χ1n) is 20.0. The lowest BCUT2D eigenvalue weighted by molar-refractivity contribution is -0.127. The zero-order valence-electron chi connectivity index (χ0n) is 35.2. The number of ether oxygens (including phenoxy) is 1. The molecule has 66 heavy (non-hydrogen) atoms. The van der Waals surface area contributed by atoms with Crippen LogP contribution >= 0.6 is 58.0 Å². The number of carbonyl (C=O) groups excluding carboxylic acids is 6. The van der Waals surface area contributed by atoms with Crippen LogP contribution in [0.2, 0.25) is 10.0 Å². The molecule has 4 amide bonds. The average molecular weight is 995 g/mol. The Labute approximate surface area is 404 Å². The number of hydrogen-bond donors (Lipinski definition) is 4. The second-order valence-corrected chi connectivity index (χ2v) is 16.1. The Kier molecular flexibility index (Phi) is 19.1. The van der Waals surface area contributed by atoms with Crippen molar-refractivity contribution in [2.24, 2.45) is 20.5 Å². The van der Waals surface area contributed by atoms with Crippen LogP contribution in [-0.4, -0.2) is 71.5 Å². The third-order valence-corrected chi connectivity index (χ3v) is 10.5. The highest BCUT2D eigenvalue weighted by atomic mass is 35.5. The summed E-state index contributed by atoms with van der Waals surface area (Å²) in [5.41, 5.74) is 3.41. The molecule has 5 aromatic rings. The molecule has 0 fully saturated rings. The van der Waals surface area contributed by atoms with Crippen molar-refractivity contribution in [3.63, 3.8) is 0 Å². The van der Waals surface area contributed by atoms with E-state index < -0.39 is 47.3 Å². The summed E-state index contributed by atoms with van der Waals surface area (Å²) in [6.07, 6.45) is 1.05. The van der Waals surface area contributed by atoms with Gasteiger partial charge in [0.15, 0.2) is 11.6 Å². The lowest BCUT2D eigenvalue weighted by atomic mass is 10.1. The molecule has 0 radical (unpaired) electrons. The number of benzene rings is 5. The van der Waals surface area contributed by atoms with Crippen LogP contribution in [-0.2, 0) is 32.0 Å². The van der Waals surface area contributed by atoms with Crippen molar-refractivity contribution in [2.75, 3.05) is 45.5 Å². The van der Waals surface area contributed by atoms with E-state index in [1.807, 2.05) is 24.3 Å². The zero-order valence-corrected chi connectivity index (χ0v) is 39.0. The Hall–Kier alpha value is -6.23. The molecule has 0 heterocycles. The molecule has 20 heteroatoms. The van der Waals surface area contributed by atoms with E-state index in [2.05, 4.69) is 41.7 Å². The maximum absolute atomic E-state index is 13.5. The summed E-state index contributed by atoms with van der Waals surface area (Å²) >= 11 is 30.4. The molecular formula is C46H41Cl5N8O7. The van der Waals surface area contributed by atoms with Crippen molar-refractivity contribution in [1.82, 2.24) is 0 Å². The summed E-state index contributed by atoms with van der Waals surface area (Å²) in [5.74, 6) is -3.29. The topological polar surface area (TPSA) is 209 Å². The van der Waals surface area contributed by atoms with E-state index in [9.17, 15) is 28.8 Å². The molecule has 15 nitrogen and oxygen atoms in total. The molecule has 0 bridgehead atoms. The number of hydrogen-bond acceptors (Lipinski definition) is 11. The van der Waals surface area contributed by atoms with Gasteiger partial charge in [-0.05, 0) is 98.5 Å². The van der Waals surface area contributed by atoms with E-state index >= 15 is 0 Å². The first-order valence-corrected chi connectivity index (χ1v) is 22.4. The fourth-order valence-electron chi connectivity index (χ4n) is 6.07. The fraction of sp³-hybridized carbons (Fsp3) is 0.217. The molecular weight excluding hydrogens is 954 g/mol. The smallest absolute Gasteiger partial charge is 0.258 e. The summed E-state index contributed by atoms with van der Waals surface area (Å²) < 4.78 is 5.75. The maximum Gasteiger partial charge on any atom is 0.258 e. The Morgan fingerprint density at radius 2 is 1.02 bits per heavy atom. The lowest BCUT2D eigenvalue weighted by Crippen LogP contribution is -2.32. The van der Waals surface area contributed by atoms with Gasteiger partial charge in [0.1, 0.15) is 12.4 Å². The molecule has 0 saturated carbocycles.